The molecule has 2 aromatic carbocycles. The van der Waals surface area contributed by atoms with Gasteiger partial charge in [-0.2, -0.15) is 0 Å². The molecule has 2 aromatic rings. The number of hydrogen-bond acceptors (Lipinski definition) is 4. The van der Waals surface area contributed by atoms with Crippen molar-refractivity contribution in [1.82, 2.24) is 10.0 Å². The largest absolute Gasteiger partial charge is 0.496 e. The van der Waals surface area contributed by atoms with E-state index < -0.39 is 15.8 Å². The fourth-order valence-electron chi connectivity index (χ4n) is 2.34. The van der Waals surface area contributed by atoms with Crippen molar-refractivity contribution < 1.29 is 22.3 Å². The summed E-state index contributed by atoms with van der Waals surface area (Å²) in [5, 5.41) is 2.81. The summed E-state index contributed by atoms with van der Waals surface area (Å²) in [7, 11) is -2.22. The molecule has 0 spiro atoms. The Labute approximate surface area is 166 Å². The van der Waals surface area contributed by atoms with Gasteiger partial charge in [0.05, 0.1) is 22.5 Å². The first-order valence-electron chi connectivity index (χ1n) is 8.11. The maximum Gasteiger partial charge on any atom is 0.240 e. The molecule has 2 rings (SSSR count). The lowest BCUT2D eigenvalue weighted by molar-refractivity contribution is -0.121. The first-order chi connectivity index (χ1) is 12.7. The molecule has 1 amide bonds. The van der Waals surface area contributed by atoms with Crippen LogP contribution in [0.3, 0.4) is 0 Å². The number of amides is 1. The molecule has 0 heterocycles. The first kappa shape index (κ1) is 21.3. The number of sulfonamides is 1. The lowest BCUT2D eigenvalue weighted by atomic mass is 10.1. The van der Waals surface area contributed by atoms with Gasteiger partial charge in [-0.1, -0.05) is 6.07 Å². The van der Waals surface area contributed by atoms with Crippen molar-refractivity contribution in [2.24, 2.45) is 0 Å². The van der Waals surface area contributed by atoms with Crippen LogP contribution in [-0.4, -0.2) is 28.0 Å². The summed E-state index contributed by atoms with van der Waals surface area (Å²) in [5.74, 6) is -0.129. The van der Waals surface area contributed by atoms with Crippen molar-refractivity contribution in [3.8, 4) is 5.75 Å². The molecule has 2 N–H and O–H groups in total. The van der Waals surface area contributed by atoms with Crippen LogP contribution < -0.4 is 14.8 Å². The molecule has 146 valence electrons. The minimum atomic E-state index is -3.78. The SMILES string of the molecule is COc1ccc(C(C)NC(=O)CCNS(=O)(=O)c2ccc(F)cc2)cc1Br. The topological polar surface area (TPSA) is 84.5 Å². The summed E-state index contributed by atoms with van der Waals surface area (Å²) in [6.07, 6.45) is -0.0257. The number of nitrogens with one attached hydrogen (secondary N) is 2. The average molecular weight is 459 g/mol. The van der Waals surface area contributed by atoms with Crippen LogP contribution in [0.15, 0.2) is 51.8 Å². The molecule has 0 fully saturated rings. The highest BCUT2D eigenvalue weighted by molar-refractivity contribution is 9.10. The molecule has 0 radical (unpaired) electrons. The number of rotatable bonds is 8. The number of ether oxygens (including phenoxy) is 1. The normalized spacial score (nSPS) is 12.4. The Kier molecular flexibility index (Phi) is 7.34. The zero-order chi connectivity index (χ0) is 20.0. The molecular formula is C18H20BrFN2O4S. The Balaban J connectivity index is 1.87. The van der Waals surface area contributed by atoms with Crippen molar-refractivity contribution in [2.45, 2.75) is 24.3 Å². The monoisotopic (exact) mass is 458 g/mol. The summed E-state index contributed by atoms with van der Waals surface area (Å²) < 4.78 is 45.3. The second-order valence-electron chi connectivity index (χ2n) is 5.78. The zero-order valence-corrected chi connectivity index (χ0v) is 17.2. The molecule has 0 aromatic heterocycles. The van der Waals surface area contributed by atoms with Crippen LogP contribution in [0.4, 0.5) is 4.39 Å². The highest BCUT2D eigenvalue weighted by Gasteiger charge is 2.15. The predicted molar refractivity (Wildman–Crippen MR) is 103 cm³/mol. The first-order valence-corrected chi connectivity index (χ1v) is 10.4. The minimum Gasteiger partial charge on any atom is -0.496 e. The molecule has 1 atom stereocenters. The molecule has 0 saturated carbocycles. The molecular weight excluding hydrogens is 439 g/mol. The highest BCUT2D eigenvalue weighted by Crippen LogP contribution is 2.27. The van der Waals surface area contributed by atoms with Crippen LogP contribution in [0.25, 0.3) is 0 Å². The van der Waals surface area contributed by atoms with Gasteiger partial charge in [-0.3, -0.25) is 4.79 Å². The van der Waals surface area contributed by atoms with Gasteiger partial charge in [0.25, 0.3) is 0 Å². The maximum atomic E-state index is 12.9. The van der Waals surface area contributed by atoms with E-state index in [1.165, 1.54) is 12.1 Å². The fourth-order valence-corrected chi connectivity index (χ4v) is 3.94. The third-order valence-electron chi connectivity index (χ3n) is 3.82. The third-order valence-corrected chi connectivity index (χ3v) is 5.92. The summed E-state index contributed by atoms with van der Waals surface area (Å²) in [4.78, 5) is 12.0. The van der Waals surface area contributed by atoms with Gasteiger partial charge in [0, 0.05) is 13.0 Å². The smallest absolute Gasteiger partial charge is 0.240 e. The Hall–Kier alpha value is -1.97. The molecule has 0 aliphatic carbocycles. The summed E-state index contributed by atoms with van der Waals surface area (Å²) in [6.45, 7) is 1.76. The second-order valence-corrected chi connectivity index (χ2v) is 8.41. The Morgan fingerprint density at radius 1 is 1.22 bits per heavy atom. The van der Waals surface area contributed by atoms with Gasteiger partial charge in [0.2, 0.25) is 15.9 Å². The minimum absolute atomic E-state index is 0.0257. The molecule has 0 saturated heterocycles. The Bertz CT molecular complexity index is 904. The van der Waals surface area contributed by atoms with Crippen LogP contribution in [0, 0.1) is 5.82 Å². The lowest BCUT2D eigenvalue weighted by Crippen LogP contribution is -2.32. The zero-order valence-electron chi connectivity index (χ0n) is 14.8. The van der Waals surface area contributed by atoms with Crippen molar-refractivity contribution in [2.75, 3.05) is 13.7 Å². The number of methoxy groups -OCH3 is 1. The molecule has 0 aliphatic heterocycles. The summed E-state index contributed by atoms with van der Waals surface area (Å²) in [6, 6.07) is 9.69. The van der Waals surface area contributed by atoms with Crippen molar-refractivity contribution in [1.29, 1.82) is 0 Å². The molecule has 6 nitrogen and oxygen atoms in total. The number of carbonyl (C=O) groups excluding carboxylic acids is 1. The van der Waals surface area contributed by atoms with E-state index in [4.69, 9.17) is 4.74 Å². The number of halogens is 2. The summed E-state index contributed by atoms with van der Waals surface area (Å²) >= 11 is 3.39. The standard InChI is InChI=1S/C18H20BrFN2O4S/c1-12(13-3-8-17(26-2)16(19)11-13)22-18(23)9-10-21-27(24,25)15-6-4-14(20)5-7-15/h3-8,11-12,21H,9-10H2,1-2H3,(H,22,23). The van der Waals surface area contributed by atoms with Gasteiger partial charge < -0.3 is 10.1 Å². The van der Waals surface area contributed by atoms with Gasteiger partial charge in [0.15, 0.2) is 0 Å². The number of hydrogen-bond donors (Lipinski definition) is 2. The molecule has 0 aliphatic rings. The van der Waals surface area contributed by atoms with Gasteiger partial charge >= 0.3 is 0 Å². The van der Waals surface area contributed by atoms with Gasteiger partial charge in [0.1, 0.15) is 11.6 Å². The van der Waals surface area contributed by atoms with Crippen LogP contribution >= 0.6 is 15.9 Å². The Morgan fingerprint density at radius 2 is 1.89 bits per heavy atom. The lowest BCUT2D eigenvalue weighted by Gasteiger charge is -2.16. The van der Waals surface area contributed by atoms with E-state index in [1.807, 2.05) is 19.1 Å². The molecule has 1 unspecified atom stereocenters. The average Bonchev–Trinajstić information content (AvgIpc) is 2.61. The third kappa shape index (κ3) is 6.02. The number of benzene rings is 2. The number of carbonyl (C=O) groups is 1. The second kappa shape index (κ2) is 9.29. The maximum absolute atomic E-state index is 12.9. The predicted octanol–water partition coefficient (Wildman–Crippen LogP) is 3.14. The van der Waals surface area contributed by atoms with E-state index in [0.717, 1.165) is 22.2 Å². The van der Waals surface area contributed by atoms with Gasteiger partial charge in [-0.25, -0.2) is 17.5 Å². The fraction of sp³-hybridized carbons (Fsp3) is 0.278. The van der Waals surface area contributed by atoms with Crippen LogP contribution in [-0.2, 0) is 14.8 Å². The summed E-state index contributed by atoms with van der Waals surface area (Å²) in [5.41, 5.74) is 0.878. The van der Waals surface area contributed by atoms with E-state index >= 15 is 0 Å². The Morgan fingerprint density at radius 3 is 2.48 bits per heavy atom. The van der Waals surface area contributed by atoms with Gasteiger partial charge in [-0.15, -0.1) is 0 Å². The highest BCUT2D eigenvalue weighted by atomic mass is 79.9. The van der Waals surface area contributed by atoms with E-state index in [0.29, 0.717) is 5.75 Å². The molecule has 27 heavy (non-hydrogen) atoms. The molecule has 9 heteroatoms. The molecule has 0 bridgehead atoms. The van der Waals surface area contributed by atoms with Crippen molar-refractivity contribution >= 4 is 31.9 Å². The van der Waals surface area contributed by atoms with E-state index in [2.05, 4.69) is 26.0 Å². The van der Waals surface area contributed by atoms with Crippen molar-refractivity contribution in [3.05, 3.63) is 58.3 Å². The van der Waals surface area contributed by atoms with E-state index in [1.54, 1.807) is 13.2 Å². The van der Waals surface area contributed by atoms with Crippen LogP contribution in [0.1, 0.15) is 24.9 Å². The van der Waals surface area contributed by atoms with E-state index in [9.17, 15) is 17.6 Å². The van der Waals surface area contributed by atoms with Crippen LogP contribution in [0.5, 0.6) is 5.75 Å². The van der Waals surface area contributed by atoms with Crippen molar-refractivity contribution in [3.63, 3.8) is 0 Å². The quantitative estimate of drug-likeness (QED) is 0.636. The van der Waals surface area contributed by atoms with E-state index in [-0.39, 0.29) is 29.8 Å². The van der Waals surface area contributed by atoms with Crippen LogP contribution in [0.2, 0.25) is 0 Å². The van der Waals surface area contributed by atoms with Gasteiger partial charge in [-0.05, 0) is 64.8 Å².